The van der Waals surface area contributed by atoms with E-state index in [4.69, 9.17) is 11.6 Å². The summed E-state index contributed by atoms with van der Waals surface area (Å²) in [7, 11) is 0. The lowest BCUT2D eigenvalue weighted by atomic mass is 9.97. The standard InChI is InChI=1S/C17H10BrClO/c18-16-9-8-15(13-6-1-2-7-14(13)16)17(20)11-4-3-5-12(19)10-11/h1-10H. The van der Waals surface area contributed by atoms with Gasteiger partial charge in [0.15, 0.2) is 5.78 Å². The zero-order valence-corrected chi connectivity index (χ0v) is 12.8. The Bertz CT molecular complexity index is 811. The Morgan fingerprint density at radius 3 is 2.40 bits per heavy atom. The highest BCUT2D eigenvalue weighted by Gasteiger charge is 2.13. The largest absolute Gasteiger partial charge is 0.289 e. The van der Waals surface area contributed by atoms with Crippen LogP contribution in [-0.4, -0.2) is 5.78 Å². The maximum Gasteiger partial charge on any atom is 0.193 e. The summed E-state index contributed by atoms with van der Waals surface area (Å²) in [6.45, 7) is 0. The van der Waals surface area contributed by atoms with Gasteiger partial charge in [-0.05, 0) is 35.0 Å². The summed E-state index contributed by atoms with van der Waals surface area (Å²) in [5.41, 5.74) is 1.29. The average Bonchev–Trinajstić information content (AvgIpc) is 2.47. The van der Waals surface area contributed by atoms with E-state index < -0.39 is 0 Å². The molecule has 0 aromatic heterocycles. The van der Waals surface area contributed by atoms with Crippen molar-refractivity contribution < 1.29 is 4.79 Å². The van der Waals surface area contributed by atoms with Gasteiger partial charge in [-0.3, -0.25) is 4.79 Å². The molecular formula is C17H10BrClO. The van der Waals surface area contributed by atoms with Crippen LogP contribution in [0, 0.1) is 0 Å². The van der Waals surface area contributed by atoms with Crippen molar-refractivity contribution in [1.82, 2.24) is 0 Å². The lowest BCUT2D eigenvalue weighted by molar-refractivity contribution is 0.104. The van der Waals surface area contributed by atoms with Gasteiger partial charge in [-0.1, -0.05) is 63.9 Å². The summed E-state index contributed by atoms with van der Waals surface area (Å²) >= 11 is 9.48. The fourth-order valence-electron chi connectivity index (χ4n) is 2.25. The van der Waals surface area contributed by atoms with Crippen molar-refractivity contribution in [3.8, 4) is 0 Å². The summed E-state index contributed by atoms with van der Waals surface area (Å²) in [5, 5.41) is 2.53. The van der Waals surface area contributed by atoms with Gasteiger partial charge in [-0.15, -0.1) is 0 Å². The van der Waals surface area contributed by atoms with Crippen LogP contribution >= 0.6 is 27.5 Å². The second-order valence-corrected chi connectivity index (χ2v) is 5.77. The van der Waals surface area contributed by atoms with Gasteiger partial charge in [0.1, 0.15) is 0 Å². The zero-order valence-electron chi connectivity index (χ0n) is 10.4. The Hall–Kier alpha value is -1.64. The number of fused-ring (bicyclic) bond motifs is 1. The topological polar surface area (TPSA) is 17.1 Å². The van der Waals surface area contributed by atoms with Crippen molar-refractivity contribution in [1.29, 1.82) is 0 Å². The van der Waals surface area contributed by atoms with Gasteiger partial charge >= 0.3 is 0 Å². The minimum absolute atomic E-state index is 0.0174. The molecule has 0 spiro atoms. The van der Waals surface area contributed by atoms with Gasteiger partial charge in [-0.2, -0.15) is 0 Å². The molecule has 0 aliphatic carbocycles. The molecule has 0 saturated heterocycles. The third-order valence-electron chi connectivity index (χ3n) is 3.20. The summed E-state index contributed by atoms with van der Waals surface area (Å²) < 4.78 is 0.982. The SMILES string of the molecule is O=C(c1cccc(Cl)c1)c1ccc(Br)c2ccccc12. The first kappa shape index (κ1) is 13.3. The summed E-state index contributed by atoms with van der Waals surface area (Å²) in [5.74, 6) is -0.0174. The van der Waals surface area contributed by atoms with E-state index in [0.29, 0.717) is 16.1 Å². The predicted octanol–water partition coefficient (Wildman–Crippen LogP) is 5.49. The van der Waals surface area contributed by atoms with Crippen LogP contribution in [0.15, 0.2) is 65.1 Å². The summed E-state index contributed by atoms with van der Waals surface area (Å²) in [6, 6.07) is 18.6. The average molecular weight is 346 g/mol. The van der Waals surface area contributed by atoms with E-state index in [1.165, 1.54) is 0 Å². The normalized spacial score (nSPS) is 10.7. The minimum Gasteiger partial charge on any atom is -0.289 e. The van der Waals surface area contributed by atoms with Crippen LogP contribution in [0.2, 0.25) is 5.02 Å². The predicted molar refractivity (Wildman–Crippen MR) is 86.5 cm³/mol. The smallest absolute Gasteiger partial charge is 0.193 e. The minimum atomic E-state index is -0.0174. The highest BCUT2D eigenvalue weighted by Crippen LogP contribution is 2.28. The number of halogens is 2. The maximum atomic E-state index is 12.6. The van der Waals surface area contributed by atoms with Gasteiger partial charge in [0, 0.05) is 20.6 Å². The summed E-state index contributed by atoms with van der Waals surface area (Å²) in [4.78, 5) is 12.6. The molecule has 0 saturated carbocycles. The molecule has 1 nitrogen and oxygen atoms in total. The Morgan fingerprint density at radius 1 is 0.900 bits per heavy atom. The fourth-order valence-corrected chi connectivity index (χ4v) is 2.91. The van der Waals surface area contributed by atoms with Gasteiger partial charge in [0.25, 0.3) is 0 Å². The molecule has 0 aliphatic rings. The molecule has 0 bridgehead atoms. The van der Waals surface area contributed by atoms with E-state index in [2.05, 4.69) is 15.9 Å². The third-order valence-corrected chi connectivity index (χ3v) is 4.13. The molecule has 20 heavy (non-hydrogen) atoms. The Balaban J connectivity index is 2.20. The molecule has 0 aliphatic heterocycles. The molecule has 0 unspecified atom stereocenters. The second kappa shape index (κ2) is 5.39. The van der Waals surface area contributed by atoms with Gasteiger partial charge < -0.3 is 0 Å². The van der Waals surface area contributed by atoms with E-state index >= 15 is 0 Å². The first-order valence-corrected chi connectivity index (χ1v) is 7.31. The molecular weight excluding hydrogens is 336 g/mol. The highest BCUT2D eigenvalue weighted by molar-refractivity contribution is 9.10. The van der Waals surface area contributed by atoms with E-state index in [0.717, 1.165) is 15.2 Å². The van der Waals surface area contributed by atoms with E-state index in [1.54, 1.807) is 24.3 Å². The lowest BCUT2D eigenvalue weighted by Gasteiger charge is -2.08. The molecule has 0 radical (unpaired) electrons. The number of benzene rings is 3. The molecule has 98 valence electrons. The van der Waals surface area contributed by atoms with Crippen LogP contribution in [0.4, 0.5) is 0 Å². The lowest BCUT2D eigenvalue weighted by Crippen LogP contribution is -2.02. The van der Waals surface area contributed by atoms with Crippen molar-refractivity contribution in [2.45, 2.75) is 0 Å². The molecule has 0 N–H and O–H groups in total. The van der Waals surface area contributed by atoms with Crippen LogP contribution in [0.5, 0.6) is 0 Å². The molecule has 0 amide bonds. The summed E-state index contributed by atoms with van der Waals surface area (Å²) in [6.07, 6.45) is 0. The van der Waals surface area contributed by atoms with Crippen LogP contribution in [0.25, 0.3) is 10.8 Å². The Kier molecular flexibility index (Phi) is 3.60. The molecule has 3 aromatic rings. The van der Waals surface area contributed by atoms with Crippen molar-refractivity contribution >= 4 is 44.1 Å². The van der Waals surface area contributed by atoms with Crippen LogP contribution in [0.1, 0.15) is 15.9 Å². The van der Waals surface area contributed by atoms with E-state index in [1.807, 2.05) is 36.4 Å². The molecule has 0 atom stereocenters. The monoisotopic (exact) mass is 344 g/mol. The van der Waals surface area contributed by atoms with E-state index in [9.17, 15) is 4.79 Å². The van der Waals surface area contributed by atoms with Gasteiger partial charge in [0.2, 0.25) is 0 Å². The molecule has 0 heterocycles. The Labute approximate surface area is 130 Å². The van der Waals surface area contributed by atoms with Crippen LogP contribution < -0.4 is 0 Å². The van der Waals surface area contributed by atoms with Crippen molar-refractivity contribution in [3.05, 3.63) is 81.3 Å². The number of hydrogen-bond acceptors (Lipinski definition) is 1. The number of hydrogen-bond donors (Lipinski definition) is 0. The molecule has 3 aromatic carbocycles. The molecule has 3 heteroatoms. The second-order valence-electron chi connectivity index (χ2n) is 4.48. The maximum absolute atomic E-state index is 12.6. The number of ketones is 1. The van der Waals surface area contributed by atoms with Crippen LogP contribution in [-0.2, 0) is 0 Å². The first-order chi connectivity index (χ1) is 9.66. The number of carbonyl (C=O) groups is 1. The van der Waals surface area contributed by atoms with Gasteiger partial charge in [-0.25, -0.2) is 0 Å². The van der Waals surface area contributed by atoms with E-state index in [-0.39, 0.29) is 5.78 Å². The van der Waals surface area contributed by atoms with Crippen molar-refractivity contribution in [3.63, 3.8) is 0 Å². The molecule has 0 fully saturated rings. The molecule has 3 rings (SSSR count). The van der Waals surface area contributed by atoms with Crippen molar-refractivity contribution in [2.75, 3.05) is 0 Å². The zero-order chi connectivity index (χ0) is 14.1. The Morgan fingerprint density at radius 2 is 1.65 bits per heavy atom. The first-order valence-electron chi connectivity index (χ1n) is 6.14. The number of carbonyl (C=O) groups excluding carboxylic acids is 1. The number of rotatable bonds is 2. The highest BCUT2D eigenvalue weighted by atomic mass is 79.9. The van der Waals surface area contributed by atoms with Crippen molar-refractivity contribution in [2.24, 2.45) is 0 Å². The fraction of sp³-hybridized carbons (Fsp3) is 0. The van der Waals surface area contributed by atoms with Gasteiger partial charge in [0.05, 0.1) is 0 Å². The van der Waals surface area contributed by atoms with Crippen LogP contribution in [0.3, 0.4) is 0 Å². The quantitative estimate of drug-likeness (QED) is 0.562. The third kappa shape index (κ3) is 2.37.